The molecule has 0 saturated carbocycles. The molecule has 0 aliphatic carbocycles. The van der Waals surface area contributed by atoms with Gasteiger partial charge < -0.3 is 16.0 Å². The zero-order valence-corrected chi connectivity index (χ0v) is 19.0. The highest BCUT2D eigenvalue weighted by Gasteiger charge is 2.45. The van der Waals surface area contributed by atoms with E-state index in [1.807, 2.05) is 19.9 Å². The van der Waals surface area contributed by atoms with Crippen molar-refractivity contribution >= 4 is 23.7 Å². The highest BCUT2D eigenvalue weighted by atomic mass is 19.1. The molecular weight excluding hydrogens is 440 g/mol. The van der Waals surface area contributed by atoms with Gasteiger partial charge in [-0.15, -0.1) is 0 Å². The Morgan fingerprint density at radius 2 is 2.00 bits per heavy atom. The molecule has 9 heteroatoms. The Kier molecular flexibility index (Phi) is 7.41. The van der Waals surface area contributed by atoms with Crippen LogP contribution in [0.4, 0.5) is 14.5 Å². The summed E-state index contributed by atoms with van der Waals surface area (Å²) in [5.74, 6) is -3.31. The molecule has 2 aromatic rings. The zero-order valence-electron chi connectivity index (χ0n) is 19.0. The Morgan fingerprint density at radius 3 is 2.62 bits per heavy atom. The number of anilines is 1. The normalized spacial score (nSPS) is 18.2. The second-order valence-corrected chi connectivity index (χ2v) is 8.39. The number of nitrogens with two attached hydrogens (primary N) is 1. The molecule has 0 fully saturated rings. The van der Waals surface area contributed by atoms with Crippen LogP contribution in [0.15, 0.2) is 53.2 Å². The summed E-state index contributed by atoms with van der Waals surface area (Å²) in [5, 5.41) is 11.8. The standard InChI is InChI=1S/C25H25F2N5O2/c1-14(2)13-32-23(16(11-29)12-30-3)22(21-9-17(26)4-5-20(21)25(32)34)24(33)31-19-7-15(10-28)6-18(27)8-19/h4-9,11-12,14,22-23H,13,29H2,1-3H3,(H,31,33)/t22-,23+/m0/s1. The SMILES string of the molecule is CN=CC(=CN)[C@@H]1[C@@H](C(=O)Nc2cc(F)cc(C#N)c2)c2cc(F)ccc2C(=O)N1CC(C)C. The van der Waals surface area contributed by atoms with Crippen LogP contribution in [0.25, 0.3) is 0 Å². The van der Waals surface area contributed by atoms with Gasteiger partial charge in [0.05, 0.1) is 23.6 Å². The summed E-state index contributed by atoms with van der Waals surface area (Å²) >= 11 is 0. The number of halogens is 2. The largest absolute Gasteiger partial charge is 0.404 e. The summed E-state index contributed by atoms with van der Waals surface area (Å²) in [4.78, 5) is 32.6. The predicted molar refractivity (Wildman–Crippen MR) is 125 cm³/mol. The van der Waals surface area contributed by atoms with E-state index in [2.05, 4.69) is 10.3 Å². The highest BCUT2D eigenvalue weighted by molar-refractivity contribution is 6.06. The maximum absolute atomic E-state index is 14.3. The topological polar surface area (TPSA) is 112 Å². The number of nitrogens with one attached hydrogen (secondary N) is 1. The molecule has 2 amide bonds. The van der Waals surface area contributed by atoms with Gasteiger partial charge in [0.15, 0.2) is 0 Å². The van der Waals surface area contributed by atoms with Crippen molar-refractivity contribution in [3.8, 4) is 6.07 Å². The average molecular weight is 466 g/mol. The first-order chi connectivity index (χ1) is 16.2. The molecule has 0 saturated heterocycles. The molecule has 1 aliphatic heterocycles. The second kappa shape index (κ2) is 10.3. The third kappa shape index (κ3) is 4.96. The number of carbonyl (C=O) groups is 2. The van der Waals surface area contributed by atoms with Crippen LogP contribution >= 0.6 is 0 Å². The Morgan fingerprint density at radius 1 is 1.26 bits per heavy atom. The number of benzene rings is 2. The summed E-state index contributed by atoms with van der Waals surface area (Å²) in [6, 6.07) is 8.07. The fraction of sp³-hybridized carbons (Fsp3) is 0.280. The molecule has 2 aromatic carbocycles. The lowest BCUT2D eigenvalue weighted by Gasteiger charge is -2.42. The number of amides is 2. The third-order valence-corrected chi connectivity index (χ3v) is 5.44. The minimum atomic E-state index is -1.08. The summed E-state index contributed by atoms with van der Waals surface area (Å²) < 4.78 is 28.3. The van der Waals surface area contributed by atoms with Crippen LogP contribution in [0.5, 0.6) is 0 Å². The lowest BCUT2D eigenvalue weighted by molar-refractivity contribution is -0.118. The Hall–Kier alpha value is -4.06. The van der Waals surface area contributed by atoms with E-state index in [0.29, 0.717) is 12.1 Å². The first kappa shape index (κ1) is 24.6. The van der Waals surface area contributed by atoms with Gasteiger partial charge in [-0.05, 0) is 47.9 Å². The van der Waals surface area contributed by atoms with Gasteiger partial charge in [-0.25, -0.2) is 8.78 Å². The molecule has 0 aromatic heterocycles. The van der Waals surface area contributed by atoms with Crippen LogP contribution in [0.3, 0.4) is 0 Å². The van der Waals surface area contributed by atoms with Gasteiger partial charge in [-0.3, -0.25) is 14.6 Å². The third-order valence-electron chi connectivity index (χ3n) is 5.44. The molecule has 1 heterocycles. The van der Waals surface area contributed by atoms with Crippen LogP contribution in [0, 0.1) is 28.9 Å². The summed E-state index contributed by atoms with van der Waals surface area (Å²) in [6.07, 6.45) is 2.71. The Bertz CT molecular complexity index is 1220. The lowest BCUT2D eigenvalue weighted by atomic mass is 9.78. The van der Waals surface area contributed by atoms with E-state index in [1.165, 1.54) is 42.6 Å². The van der Waals surface area contributed by atoms with Gasteiger partial charge >= 0.3 is 0 Å². The summed E-state index contributed by atoms with van der Waals surface area (Å²) in [7, 11) is 1.53. The second-order valence-electron chi connectivity index (χ2n) is 8.39. The predicted octanol–water partition coefficient (Wildman–Crippen LogP) is 3.58. The molecule has 0 spiro atoms. The van der Waals surface area contributed by atoms with Crippen molar-refractivity contribution in [3.05, 3.63) is 76.5 Å². The van der Waals surface area contributed by atoms with Crippen LogP contribution < -0.4 is 11.1 Å². The van der Waals surface area contributed by atoms with Gasteiger partial charge in [-0.2, -0.15) is 5.26 Å². The monoisotopic (exact) mass is 465 g/mol. The van der Waals surface area contributed by atoms with Gasteiger partial charge in [0.2, 0.25) is 5.91 Å². The summed E-state index contributed by atoms with van der Waals surface area (Å²) in [6.45, 7) is 4.16. The van der Waals surface area contributed by atoms with Crippen LogP contribution in [0.2, 0.25) is 0 Å². The molecule has 0 radical (unpaired) electrons. The smallest absolute Gasteiger partial charge is 0.254 e. The number of fused-ring (bicyclic) bond motifs is 1. The molecule has 2 atom stereocenters. The molecule has 34 heavy (non-hydrogen) atoms. The van der Waals surface area contributed by atoms with E-state index < -0.39 is 29.5 Å². The van der Waals surface area contributed by atoms with E-state index in [1.54, 1.807) is 0 Å². The van der Waals surface area contributed by atoms with Gasteiger partial charge in [-0.1, -0.05) is 13.8 Å². The first-order valence-electron chi connectivity index (χ1n) is 10.7. The van der Waals surface area contributed by atoms with Crippen molar-refractivity contribution in [2.45, 2.75) is 25.8 Å². The number of hydrogen-bond acceptors (Lipinski definition) is 5. The van der Waals surface area contributed by atoms with E-state index in [4.69, 9.17) is 11.0 Å². The van der Waals surface area contributed by atoms with Gasteiger partial charge in [0, 0.05) is 42.8 Å². The van der Waals surface area contributed by atoms with E-state index in [-0.39, 0.29) is 34.2 Å². The maximum atomic E-state index is 14.3. The minimum absolute atomic E-state index is 0.0270. The molecule has 1 aliphatic rings. The molecule has 0 bridgehead atoms. The van der Waals surface area contributed by atoms with E-state index >= 15 is 0 Å². The molecule has 0 unspecified atom stereocenters. The van der Waals surface area contributed by atoms with Crippen molar-refractivity contribution in [1.29, 1.82) is 5.26 Å². The number of aliphatic imine (C=N–C) groups is 1. The highest BCUT2D eigenvalue weighted by Crippen LogP contribution is 2.38. The van der Waals surface area contributed by atoms with Crippen LogP contribution in [-0.4, -0.2) is 42.6 Å². The average Bonchev–Trinajstić information content (AvgIpc) is 2.78. The lowest BCUT2D eigenvalue weighted by Crippen LogP contribution is -2.53. The number of nitriles is 1. The molecular formula is C25H25F2N5O2. The van der Waals surface area contributed by atoms with Gasteiger partial charge in [0.25, 0.3) is 5.91 Å². The summed E-state index contributed by atoms with van der Waals surface area (Å²) in [5.41, 5.74) is 6.73. The minimum Gasteiger partial charge on any atom is -0.404 e. The molecule has 176 valence electrons. The fourth-order valence-electron chi connectivity index (χ4n) is 4.18. The Labute approximate surface area is 196 Å². The maximum Gasteiger partial charge on any atom is 0.254 e. The zero-order chi connectivity index (χ0) is 25.0. The van der Waals surface area contributed by atoms with Gasteiger partial charge in [0.1, 0.15) is 11.6 Å². The molecule has 3 rings (SSSR count). The fourth-order valence-corrected chi connectivity index (χ4v) is 4.18. The van der Waals surface area contributed by atoms with Crippen LogP contribution in [0.1, 0.15) is 41.3 Å². The van der Waals surface area contributed by atoms with E-state index in [9.17, 15) is 18.4 Å². The number of hydrogen-bond donors (Lipinski definition) is 2. The van der Waals surface area contributed by atoms with Crippen molar-refractivity contribution < 1.29 is 18.4 Å². The van der Waals surface area contributed by atoms with Crippen molar-refractivity contribution in [1.82, 2.24) is 4.90 Å². The number of carbonyl (C=O) groups excluding carboxylic acids is 2. The first-order valence-corrected chi connectivity index (χ1v) is 10.7. The van der Waals surface area contributed by atoms with Crippen molar-refractivity contribution in [2.75, 3.05) is 18.9 Å². The number of nitrogens with zero attached hydrogens (tertiary/aromatic N) is 3. The van der Waals surface area contributed by atoms with Crippen molar-refractivity contribution in [3.63, 3.8) is 0 Å². The number of rotatable bonds is 6. The Balaban J connectivity index is 2.20. The van der Waals surface area contributed by atoms with Crippen molar-refractivity contribution in [2.24, 2.45) is 16.6 Å². The van der Waals surface area contributed by atoms with Crippen LogP contribution in [-0.2, 0) is 4.79 Å². The van der Waals surface area contributed by atoms with E-state index in [0.717, 1.165) is 18.2 Å². The molecule has 7 nitrogen and oxygen atoms in total. The molecule has 3 N–H and O–H groups in total. The quantitative estimate of drug-likeness (QED) is 0.635.